The summed E-state index contributed by atoms with van der Waals surface area (Å²) in [5.74, 6) is -0.854. The third-order valence-corrected chi connectivity index (χ3v) is 7.58. The fraction of sp³-hybridized carbons (Fsp3) is 0.391. The molecule has 31 heavy (non-hydrogen) atoms. The van der Waals surface area contributed by atoms with E-state index in [1.54, 1.807) is 12.1 Å². The van der Waals surface area contributed by atoms with Crippen LogP contribution in [0.4, 0.5) is 0 Å². The van der Waals surface area contributed by atoms with E-state index in [-0.39, 0.29) is 35.4 Å². The van der Waals surface area contributed by atoms with Crippen molar-refractivity contribution < 1.29 is 22.7 Å². The zero-order valence-corrected chi connectivity index (χ0v) is 18.7. The average molecular weight is 445 g/mol. The van der Waals surface area contributed by atoms with Crippen molar-refractivity contribution in [2.24, 2.45) is 5.92 Å². The maximum Gasteiger partial charge on any atom is 0.339 e. The van der Waals surface area contributed by atoms with Crippen LogP contribution in [-0.4, -0.2) is 56.2 Å². The van der Waals surface area contributed by atoms with E-state index in [0.29, 0.717) is 25.9 Å². The fourth-order valence-electron chi connectivity index (χ4n) is 3.86. The lowest BCUT2D eigenvalue weighted by Gasteiger charge is -2.33. The summed E-state index contributed by atoms with van der Waals surface area (Å²) in [6.45, 7) is 3.55. The maximum absolute atomic E-state index is 13.2. The molecule has 1 aliphatic rings. The number of carbonyl (C=O) groups is 2. The van der Waals surface area contributed by atoms with Crippen molar-refractivity contribution in [3.8, 4) is 0 Å². The minimum atomic E-state index is -3.86. The molecule has 0 saturated carbocycles. The first-order valence-electron chi connectivity index (χ1n) is 10.4. The zero-order valence-electron chi connectivity index (χ0n) is 17.9. The van der Waals surface area contributed by atoms with E-state index in [1.165, 1.54) is 23.5 Å². The predicted molar refractivity (Wildman–Crippen MR) is 117 cm³/mol. The summed E-state index contributed by atoms with van der Waals surface area (Å²) < 4.78 is 32.4. The van der Waals surface area contributed by atoms with Gasteiger partial charge >= 0.3 is 5.97 Å². The Bertz CT molecular complexity index is 1020. The maximum atomic E-state index is 13.2. The molecule has 1 fully saturated rings. The Labute approximate surface area is 183 Å². The number of hydrogen-bond donors (Lipinski definition) is 0. The van der Waals surface area contributed by atoms with Gasteiger partial charge in [-0.05, 0) is 37.5 Å². The van der Waals surface area contributed by atoms with Crippen LogP contribution in [0, 0.1) is 5.92 Å². The van der Waals surface area contributed by atoms with E-state index in [2.05, 4.69) is 0 Å². The summed E-state index contributed by atoms with van der Waals surface area (Å²) in [5.41, 5.74) is 1.08. The Morgan fingerprint density at radius 1 is 1.03 bits per heavy atom. The van der Waals surface area contributed by atoms with Gasteiger partial charge in [0.05, 0.1) is 17.6 Å². The molecular weight excluding hydrogens is 416 g/mol. The number of rotatable bonds is 7. The molecular formula is C23H28N2O5S. The normalized spacial score (nSPS) is 15.4. The van der Waals surface area contributed by atoms with Gasteiger partial charge in [-0.3, -0.25) is 4.79 Å². The molecule has 1 aliphatic heterocycles. The number of sulfonamides is 1. The Balaban J connectivity index is 1.69. The zero-order chi connectivity index (χ0) is 22.4. The average Bonchev–Trinajstić information content (AvgIpc) is 2.82. The van der Waals surface area contributed by atoms with Crippen molar-refractivity contribution in [1.29, 1.82) is 0 Å². The van der Waals surface area contributed by atoms with Crippen LogP contribution in [0.15, 0.2) is 59.5 Å². The first kappa shape index (κ1) is 23.0. The molecule has 0 aromatic heterocycles. The molecule has 1 heterocycles. The molecule has 0 unspecified atom stereocenters. The van der Waals surface area contributed by atoms with E-state index >= 15 is 0 Å². The Kier molecular flexibility index (Phi) is 7.46. The Morgan fingerprint density at radius 2 is 1.65 bits per heavy atom. The number of piperidine rings is 1. The SMILES string of the molecule is CCN(Cc1ccccc1)C(=O)C1CCN(S(=O)(=O)c2ccccc2C(=O)OC)CC1. The summed E-state index contributed by atoms with van der Waals surface area (Å²) in [6, 6.07) is 15.9. The van der Waals surface area contributed by atoms with Crippen LogP contribution in [0.3, 0.4) is 0 Å². The highest BCUT2D eigenvalue weighted by molar-refractivity contribution is 7.89. The molecule has 3 rings (SSSR count). The van der Waals surface area contributed by atoms with Gasteiger partial charge < -0.3 is 9.64 Å². The molecule has 2 aromatic carbocycles. The molecule has 0 atom stereocenters. The number of hydrogen-bond acceptors (Lipinski definition) is 5. The molecule has 7 nitrogen and oxygen atoms in total. The van der Waals surface area contributed by atoms with Crippen molar-refractivity contribution in [1.82, 2.24) is 9.21 Å². The van der Waals surface area contributed by atoms with Crippen molar-refractivity contribution in [3.05, 3.63) is 65.7 Å². The van der Waals surface area contributed by atoms with Crippen LogP contribution in [0.25, 0.3) is 0 Å². The molecule has 0 bridgehead atoms. The molecule has 2 aromatic rings. The summed E-state index contributed by atoms with van der Waals surface area (Å²) in [4.78, 5) is 26.8. The second-order valence-corrected chi connectivity index (χ2v) is 9.41. The molecule has 0 N–H and O–H groups in total. The van der Waals surface area contributed by atoms with Gasteiger partial charge in [0.1, 0.15) is 0 Å². The van der Waals surface area contributed by atoms with E-state index in [4.69, 9.17) is 4.74 Å². The summed E-state index contributed by atoms with van der Waals surface area (Å²) in [5, 5.41) is 0. The highest BCUT2D eigenvalue weighted by Gasteiger charge is 2.35. The van der Waals surface area contributed by atoms with Gasteiger partial charge in [0, 0.05) is 32.1 Å². The van der Waals surface area contributed by atoms with E-state index < -0.39 is 16.0 Å². The number of carbonyl (C=O) groups excluding carboxylic acids is 2. The number of esters is 1. The molecule has 8 heteroatoms. The first-order valence-corrected chi connectivity index (χ1v) is 11.8. The summed E-state index contributed by atoms with van der Waals surface area (Å²) >= 11 is 0. The number of methoxy groups -OCH3 is 1. The second kappa shape index (κ2) is 10.1. The lowest BCUT2D eigenvalue weighted by molar-refractivity contribution is -0.137. The quantitative estimate of drug-likeness (QED) is 0.613. The molecule has 0 radical (unpaired) electrons. The predicted octanol–water partition coefficient (Wildman–Crippen LogP) is 2.92. The monoisotopic (exact) mass is 444 g/mol. The summed E-state index contributed by atoms with van der Waals surface area (Å²) in [6.07, 6.45) is 0.896. The van der Waals surface area contributed by atoms with Crippen LogP contribution in [-0.2, 0) is 26.1 Å². The summed E-state index contributed by atoms with van der Waals surface area (Å²) in [7, 11) is -2.64. The lowest BCUT2D eigenvalue weighted by Crippen LogP contribution is -2.44. The van der Waals surface area contributed by atoms with Crippen LogP contribution >= 0.6 is 0 Å². The van der Waals surface area contributed by atoms with Crippen LogP contribution in [0.1, 0.15) is 35.7 Å². The van der Waals surface area contributed by atoms with Gasteiger partial charge in [-0.1, -0.05) is 42.5 Å². The lowest BCUT2D eigenvalue weighted by atomic mass is 9.96. The van der Waals surface area contributed by atoms with Gasteiger partial charge in [-0.2, -0.15) is 4.31 Å². The topological polar surface area (TPSA) is 84.0 Å². The van der Waals surface area contributed by atoms with Crippen molar-refractivity contribution >= 4 is 21.9 Å². The molecule has 0 spiro atoms. The standard InChI is InChI=1S/C23H28N2O5S/c1-3-24(17-18-9-5-4-6-10-18)22(26)19-13-15-25(16-14-19)31(28,29)21-12-8-7-11-20(21)23(27)30-2/h4-12,19H,3,13-17H2,1-2H3. The van der Waals surface area contributed by atoms with E-state index in [0.717, 1.165) is 5.56 Å². The minimum Gasteiger partial charge on any atom is -0.465 e. The van der Waals surface area contributed by atoms with E-state index in [9.17, 15) is 18.0 Å². The second-order valence-electron chi connectivity index (χ2n) is 7.50. The molecule has 1 saturated heterocycles. The number of amides is 1. The number of nitrogens with zero attached hydrogens (tertiary/aromatic N) is 2. The fourth-order valence-corrected chi connectivity index (χ4v) is 5.51. The van der Waals surface area contributed by atoms with Gasteiger partial charge in [-0.15, -0.1) is 0 Å². The van der Waals surface area contributed by atoms with Crippen LogP contribution in [0.2, 0.25) is 0 Å². The minimum absolute atomic E-state index is 0.0169. The first-order chi connectivity index (χ1) is 14.9. The van der Waals surface area contributed by atoms with Gasteiger partial charge in [0.25, 0.3) is 0 Å². The van der Waals surface area contributed by atoms with Crippen molar-refractivity contribution in [2.75, 3.05) is 26.7 Å². The largest absolute Gasteiger partial charge is 0.465 e. The van der Waals surface area contributed by atoms with E-state index in [1.807, 2.05) is 42.2 Å². The van der Waals surface area contributed by atoms with Gasteiger partial charge in [-0.25, -0.2) is 13.2 Å². The highest BCUT2D eigenvalue weighted by Crippen LogP contribution is 2.27. The molecule has 1 amide bonds. The van der Waals surface area contributed by atoms with Gasteiger partial charge in [0.15, 0.2) is 0 Å². The molecule has 0 aliphatic carbocycles. The van der Waals surface area contributed by atoms with Crippen molar-refractivity contribution in [3.63, 3.8) is 0 Å². The van der Waals surface area contributed by atoms with Crippen LogP contribution < -0.4 is 0 Å². The van der Waals surface area contributed by atoms with Gasteiger partial charge in [0.2, 0.25) is 15.9 Å². The third-order valence-electron chi connectivity index (χ3n) is 5.62. The third kappa shape index (κ3) is 5.14. The Hall–Kier alpha value is -2.71. The smallest absolute Gasteiger partial charge is 0.339 e. The molecule has 166 valence electrons. The number of ether oxygens (including phenoxy) is 1. The highest BCUT2D eigenvalue weighted by atomic mass is 32.2. The van der Waals surface area contributed by atoms with Crippen LogP contribution in [0.5, 0.6) is 0 Å². The Morgan fingerprint density at radius 3 is 2.26 bits per heavy atom. The number of benzene rings is 2. The van der Waals surface area contributed by atoms with Crippen molar-refractivity contribution in [2.45, 2.75) is 31.2 Å².